The lowest BCUT2D eigenvalue weighted by atomic mass is 9.97. The molecule has 2 heterocycles. The van der Waals surface area contributed by atoms with Crippen molar-refractivity contribution in [1.82, 2.24) is 4.31 Å². The van der Waals surface area contributed by atoms with Crippen LogP contribution >= 0.6 is 11.3 Å². The van der Waals surface area contributed by atoms with E-state index < -0.39 is 10.0 Å². The van der Waals surface area contributed by atoms with Crippen molar-refractivity contribution in [3.05, 3.63) is 22.4 Å². The zero-order chi connectivity index (χ0) is 14.0. The molecule has 0 atom stereocenters. The van der Waals surface area contributed by atoms with Crippen LogP contribution in [-0.2, 0) is 10.0 Å². The molecule has 0 spiro atoms. The highest BCUT2D eigenvalue weighted by Gasteiger charge is 2.35. The molecule has 0 unspecified atom stereocenters. The molecule has 0 amide bonds. The molecule has 1 aromatic rings. The molecule has 1 aliphatic carbocycles. The summed E-state index contributed by atoms with van der Waals surface area (Å²) in [6.45, 7) is 1.42. The molecule has 3 rings (SSSR count). The van der Waals surface area contributed by atoms with Crippen LogP contribution in [-0.4, -0.2) is 31.1 Å². The number of rotatable bonds is 3. The highest BCUT2D eigenvalue weighted by atomic mass is 32.2. The van der Waals surface area contributed by atoms with Crippen LogP contribution < -0.4 is 0 Å². The van der Waals surface area contributed by atoms with Crippen molar-refractivity contribution in [1.29, 1.82) is 0 Å². The van der Waals surface area contributed by atoms with Gasteiger partial charge in [-0.05, 0) is 43.0 Å². The van der Waals surface area contributed by atoms with Gasteiger partial charge in [0.1, 0.15) is 0 Å². The van der Waals surface area contributed by atoms with Gasteiger partial charge in [0.05, 0.1) is 5.25 Å². The van der Waals surface area contributed by atoms with Gasteiger partial charge in [-0.3, -0.25) is 0 Å². The highest BCUT2D eigenvalue weighted by molar-refractivity contribution is 7.89. The van der Waals surface area contributed by atoms with E-state index in [9.17, 15) is 8.42 Å². The smallest absolute Gasteiger partial charge is 0.212 e. The number of hydrogen-bond acceptors (Lipinski definition) is 3. The maximum Gasteiger partial charge on any atom is 0.216 e. The summed E-state index contributed by atoms with van der Waals surface area (Å²) < 4.78 is 27.1. The summed E-state index contributed by atoms with van der Waals surface area (Å²) in [5.74, 6) is 0.563. The molecule has 1 aliphatic heterocycles. The summed E-state index contributed by atoms with van der Waals surface area (Å²) >= 11 is 1.80. The van der Waals surface area contributed by atoms with E-state index in [1.54, 1.807) is 15.6 Å². The van der Waals surface area contributed by atoms with Crippen molar-refractivity contribution in [3.63, 3.8) is 0 Å². The Balaban J connectivity index is 1.62. The Kier molecular flexibility index (Phi) is 4.48. The average molecular weight is 313 g/mol. The lowest BCUT2D eigenvalue weighted by molar-refractivity contribution is 0.313. The lowest BCUT2D eigenvalue weighted by Crippen LogP contribution is -2.43. The van der Waals surface area contributed by atoms with Gasteiger partial charge in [0.25, 0.3) is 0 Å². The van der Waals surface area contributed by atoms with Crippen LogP contribution in [0.5, 0.6) is 0 Å². The first-order valence-corrected chi connectivity index (χ1v) is 10.1. The van der Waals surface area contributed by atoms with Crippen LogP contribution in [0.15, 0.2) is 17.5 Å². The molecule has 0 aromatic carbocycles. The molecule has 0 radical (unpaired) electrons. The van der Waals surface area contributed by atoms with Crippen molar-refractivity contribution < 1.29 is 8.42 Å². The molecule has 1 saturated carbocycles. The molecular formula is C15H23NO2S2. The van der Waals surface area contributed by atoms with E-state index in [-0.39, 0.29) is 5.25 Å². The Morgan fingerprint density at radius 3 is 2.35 bits per heavy atom. The SMILES string of the molecule is O=S(=O)(C1CCCCC1)N1CCC(c2cccs2)CC1. The summed E-state index contributed by atoms with van der Waals surface area (Å²) in [6, 6.07) is 4.27. The second kappa shape index (κ2) is 6.16. The Morgan fingerprint density at radius 1 is 1.05 bits per heavy atom. The summed E-state index contributed by atoms with van der Waals surface area (Å²) in [6.07, 6.45) is 7.05. The van der Waals surface area contributed by atoms with Crippen molar-refractivity contribution >= 4 is 21.4 Å². The van der Waals surface area contributed by atoms with Gasteiger partial charge in [0.2, 0.25) is 10.0 Å². The zero-order valence-electron chi connectivity index (χ0n) is 11.8. The van der Waals surface area contributed by atoms with Crippen LogP contribution in [0.2, 0.25) is 0 Å². The van der Waals surface area contributed by atoms with Crippen molar-refractivity contribution in [3.8, 4) is 0 Å². The van der Waals surface area contributed by atoms with Gasteiger partial charge < -0.3 is 0 Å². The fraction of sp³-hybridized carbons (Fsp3) is 0.733. The molecule has 112 valence electrons. The Hall–Kier alpha value is -0.390. The van der Waals surface area contributed by atoms with Gasteiger partial charge in [0, 0.05) is 18.0 Å². The molecule has 20 heavy (non-hydrogen) atoms. The molecule has 2 fully saturated rings. The second-order valence-electron chi connectivity index (χ2n) is 5.99. The van der Waals surface area contributed by atoms with Gasteiger partial charge in [-0.1, -0.05) is 25.3 Å². The Bertz CT molecular complexity index is 510. The monoisotopic (exact) mass is 313 g/mol. The third-order valence-corrected chi connectivity index (χ3v) is 8.17. The fourth-order valence-corrected chi connectivity index (χ4v) is 6.46. The van der Waals surface area contributed by atoms with Crippen LogP contribution in [0.1, 0.15) is 55.7 Å². The molecule has 0 N–H and O–H groups in total. The van der Waals surface area contributed by atoms with E-state index in [1.165, 1.54) is 11.3 Å². The van der Waals surface area contributed by atoms with E-state index in [4.69, 9.17) is 0 Å². The summed E-state index contributed by atoms with van der Waals surface area (Å²) in [5, 5.41) is 2.01. The van der Waals surface area contributed by atoms with E-state index in [1.807, 2.05) is 0 Å². The summed E-state index contributed by atoms with van der Waals surface area (Å²) in [4.78, 5) is 1.42. The Labute approximate surface area is 126 Å². The van der Waals surface area contributed by atoms with Crippen LogP contribution in [0, 0.1) is 0 Å². The second-order valence-corrected chi connectivity index (χ2v) is 9.19. The van der Waals surface area contributed by atoms with E-state index >= 15 is 0 Å². The molecule has 1 saturated heterocycles. The molecule has 1 aromatic heterocycles. The predicted molar refractivity (Wildman–Crippen MR) is 83.7 cm³/mol. The van der Waals surface area contributed by atoms with Crippen molar-refractivity contribution in [2.45, 2.75) is 56.1 Å². The molecule has 5 heteroatoms. The van der Waals surface area contributed by atoms with Gasteiger partial charge in [-0.25, -0.2) is 12.7 Å². The highest BCUT2D eigenvalue weighted by Crippen LogP contribution is 2.34. The first kappa shape index (κ1) is 14.5. The van der Waals surface area contributed by atoms with E-state index in [2.05, 4.69) is 17.5 Å². The average Bonchev–Trinajstić information content (AvgIpc) is 3.02. The van der Waals surface area contributed by atoms with Crippen LogP contribution in [0.3, 0.4) is 0 Å². The first-order chi connectivity index (χ1) is 9.68. The zero-order valence-corrected chi connectivity index (χ0v) is 13.5. The fourth-order valence-electron chi connectivity index (χ4n) is 3.49. The normalized spacial score (nSPS) is 24.0. The Morgan fingerprint density at radius 2 is 1.75 bits per heavy atom. The van der Waals surface area contributed by atoms with Gasteiger partial charge in [-0.2, -0.15) is 0 Å². The predicted octanol–water partition coefficient (Wildman–Crippen LogP) is 3.59. The number of sulfonamides is 1. The van der Waals surface area contributed by atoms with Crippen LogP contribution in [0.25, 0.3) is 0 Å². The molecule has 0 bridgehead atoms. The van der Waals surface area contributed by atoms with Crippen LogP contribution in [0.4, 0.5) is 0 Å². The largest absolute Gasteiger partial charge is 0.216 e. The number of piperidine rings is 1. The molecular weight excluding hydrogens is 290 g/mol. The van der Waals surface area contributed by atoms with E-state index in [0.29, 0.717) is 19.0 Å². The maximum atomic E-state index is 12.7. The minimum atomic E-state index is -3.04. The quantitative estimate of drug-likeness (QED) is 0.855. The number of hydrogen-bond donors (Lipinski definition) is 0. The number of thiophene rings is 1. The van der Waals surface area contributed by atoms with Crippen molar-refractivity contribution in [2.24, 2.45) is 0 Å². The van der Waals surface area contributed by atoms with E-state index in [0.717, 1.165) is 38.5 Å². The standard InChI is InChI=1S/C15H23NO2S2/c17-20(18,14-5-2-1-3-6-14)16-10-8-13(9-11-16)15-7-4-12-19-15/h4,7,12-14H,1-3,5-6,8-11H2. The third-order valence-electron chi connectivity index (χ3n) is 4.73. The lowest BCUT2D eigenvalue weighted by Gasteiger charge is -2.34. The minimum Gasteiger partial charge on any atom is -0.212 e. The van der Waals surface area contributed by atoms with Gasteiger partial charge in [-0.15, -0.1) is 11.3 Å². The van der Waals surface area contributed by atoms with Crippen molar-refractivity contribution in [2.75, 3.05) is 13.1 Å². The maximum absolute atomic E-state index is 12.7. The topological polar surface area (TPSA) is 37.4 Å². The van der Waals surface area contributed by atoms with Gasteiger partial charge in [0.15, 0.2) is 0 Å². The first-order valence-electron chi connectivity index (χ1n) is 7.70. The minimum absolute atomic E-state index is 0.102. The summed E-state index contributed by atoms with van der Waals surface area (Å²) in [5.41, 5.74) is 0. The molecule has 2 aliphatic rings. The summed E-state index contributed by atoms with van der Waals surface area (Å²) in [7, 11) is -3.04. The third kappa shape index (κ3) is 2.95. The molecule has 3 nitrogen and oxygen atoms in total. The van der Waals surface area contributed by atoms with Gasteiger partial charge >= 0.3 is 0 Å². The number of nitrogens with zero attached hydrogens (tertiary/aromatic N) is 1.